The lowest BCUT2D eigenvalue weighted by Gasteiger charge is -2.30. The van der Waals surface area contributed by atoms with Gasteiger partial charge in [-0.1, -0.05) is 54.6 Å². The van der Waals surface area contributed by atoms with Gasteiger partial charge in [-0.05, 0) is 29.7 Å². The minimum Gasteiger partial charge on any atom is -0.379 e. The zero-order valence-corrected chi connectivity index (χ0v) is 18.6. The van der Waals surface area contributed by atoms with Crippen LogP contribution in [0.5, 0.6) is 0 Å². The van der Waals surface area contributed by atoms with Gasteiger partial charge in [-0.3, -0.25) is 14.6 Å². The van der Waals surface area contributed by atoms with Gasteiger partial charge < -0.3 is 10.1 Å². The maximum Gasteiger partial charge on any atom is 0.404 e. The van der Waals surface area contributed by atoms with Crippen molar-refractivity contribution in [3.63, 3.8) is 0 Å². The highest BCUT2D eigenvalue weighted by Gasteiger charge is 2.62. The fourth-order valence-corrected chi connectivity index (χ4v) is 4.62. The lowest BCUT2D eigenvalue weighted by atomic mass is 9.85. The Morgan fingerprint density at radius 3 is 2.30 bits per heavy atom. The van der Waals surface area contributed by atoms with Gasteiger partial charge in [0.25, 0.3) is 0 Å². The van der Waals surface area contributed by atoms with E-state index in [-0.39, 0.29) is 26.1 Å². The van der Waals surface area contributed by atoms with Gasteiger partial charge in [0.2, 0.25) is 5.91 Å². The van der Waals surface area contributed by atoms with Gasteiger partial charge >= 0.3 is 6.18 Å². The number of hydrogen-bond acceptors (Lipinski definition) is 4. The molecule has 2 aliphatic heterocycles. The Balaban J connectivity index is 1.38. The number of halogens is 3. The molecule has 8 heteroatoms. The molecular formula is C25H30F3N3O2. The lowest BCUT2D eigenvalue weighted by molar-refractivity contribution is -0.218. The van der Waals surface area contributed by atoms with Gasteiger partial charge in [-0.15, -0.1) is 0 Å². The average Bonchev–Trinajstić information content (AvgIpc) is 3.24. The Bertz CT molecular complexity index is 932. The number of nitrogens with one attached hydrogen (secondary N) is 1. The van der Waals surface area contributed by atoms with E-state index < -0.39 is 17.5 Å². The van der Waals surface area contributed by atoms with E-state index in [1.54, 1.807) is 4.90 Å². The topological polar surface area (TPSA) is 44.8 Å². The van der Waals surface area contributed by atoms with Crippen molar-refractivity contribution in [1.29, 1.82) is 0 Å². The number of alkyl halides is 3. The summed E-state index contributed by atoms with van der Waals surface area (Å²) in [6, 6.07) is 17.0. The number of nitrogens with zero attached hydrogens (tertiary/aromatic N) is 2. The first-order valence-electron chi connectivity index (χ1n) is 11.3. The number of ether oxygens (including phenoxy) is 1. The molecule has 2 fully saturated rings. The van der Waals surface area contributed by atoms with Crippen molar-refractivity contribution >= 4 is 5.91 Å². The van der Waals surface area contributed by atoms with E-state index in [1.165, 1.54) is 0 Å². The van der Waals surface area contributed by atoms with Crippen LogP contribution in [0.3, 0.4) is 0 Å². The van der Waals surface area contributed by atoms with Crippen LogP contribution in [0.1, 0.15) is 23.1 Å². The van der Waals surface area contributed by atoms with E-state index in [0.29, 0.717) is 19.8 Å². The Kier molecular flexibility index (Phi) is 7.36. The Morgan fingerprint density at radius 2 is 1.58 bits per heavy atom. The van der Waals surface area contributed by atoms with Crippen LogP contribution in [0.4, 0.5) is 13.2 Å². The third kappa shape index (κ3) is 5.75. The zero-order valence-electron chi connectivity index (χ0n) is 18.6. The maximum absolute atomic E-state index is 14.1. The third-order valence-electron chi connectivity index (χ3n) is 6.53. The van der Waals surface area contributed by atoms with E-state index in [1.807, 2.05) is 54.6 Å². The van der Waals surface area contributed by atoms with Crippen LogP contribution in [0.25, 0.3) is 0 Å². The van der Waals surface area contributed by atoms with Crippen LogP contribution in [-0.2, 0) is 29.2 Å². The van der Waals surface area contributed by atoms with Gasteiger partial charge in [-0.25, -0.2) is 0 Å². The lowest BCUT2D eigenvalue weighted by Crippen LogP contribution is -2.52. The first-order valence-corrected chi connectivity index (χ1v) is 11.3. The standard InChI is InChI=1S/C25H30F3N3O2/c26-25(27,28)24(9-10-31(19-24)17-20-5-2-1-3-6-20)23(32)29-16-21-7-4-8-22(15-21)18-30-11-13-33-14-12-30/h1-8,15H,9-14,16-19H2,(H,29,32). The summed E-state index contributed by atoms with van der Waals surface area (Å²) in [4.78, 5) is 16.9. The number of amides is 1. The van der Waals surface area contributed by atoms with E-state index in [9.17, 15) is 18.0 Å². The second-order valence-electron chi connectivity index (χ2n) is 8.92. The predicted molar refractivity (Wildman–Crippen MR) is 119 cm³/mol. The van der Waals surface area contributed by atoms with Crippen LogP contribution >= 0.6 is 0 Å². The molecule has 0 spiro atoms. The molecule has 1 atom stereocenters. The number of morpholine rings is 1. The minimum atomic E-state index is -4.61. The first-order chi connectivity index (χ1) is 15.9. The fraction of sp³-hybridized carbons (Fsp3) is 0.480. The normalized spacial score (nSPS) is 22.4. The van der Waals surface area contributed by atoms with Crippen molar-refractivity contribution in [2.45, 2.75) is 32.2 Å². The third-order valence-corrected chi connectivity index (χ3v) is 6.53. The van der Waals surface area contributed by atoms with E-state index in [0.717, 1.165) is 36.3 Å². The number of likely N-dealkylation sites (tertiary alicyclic amines) is 1. The SMILES string of the molecule is O=C(NCc1cccc(CN2CCOCC2)c1)C1(C(F)(F)F)CCN(Cc2ccccc2)C1. The molecule has 0 radical (unpaired) electrons. The summed E-state index contributed by atoms with van der Waals surface area (Å²) in [6.07, 6.45) is -4.84. The summed E-state index contributed by atoms with van der Waals surface area (Å²) in [5.74, 6) is -0.941. The second kappa shape index (κ2) is 10.2. The fourth-order valence-electron chi connectivity index (χ4n) is 4.62. The second-order valence-corrected chi connectivity index (χ2v) is 8.92. The molecule has 2 aromatic rings. The van der Waals surface area contributed by atoms with Crippen LogP contribution < -0.4 is 5.32 Å². The summed E-state index contributed by atoms with van der Waals surface area (Å²) >= 11 is 0. The van der Waals surface area contributed by atoms with Gasteiger partial charge in [-0.2, -0.15) is 13.2 Å². The maximum atomic E-state index is 14.1. The number of carbonyl (C=O) groups is 1. The van der Waals surface area contributed by atoms with Crippen molar-refractivity contribution in [1.82, 2.24) is 15.1 Å². The minimum absolute atomic E-state index is 0.0757. The number of benzene rings is 2. The summed E-state index contributed by atoms with van der Waals surface area (Å²) in [5, 5.41) is 2.58. The highest BCUT2D eigenvalue weighted by atomic mass is 19.4. The van der Waals surface area contributed by atoms with Crippen LogP contribution in [0.15, 0.2) is 54.6 Å². The smallest absolute Gasteiger partial charge is 0.379 e. The van der Waals surface area contributed by atoms with E-state index >= 15 is 0 Å². The molecule has 1 unspecified atom stereocenters. The molecule has 2 heterocycles. The molecule has 0 saturated carbocycles. The summed E-state index contributed by atoms with van der Waals surface area (Å²) in [5.41, 5.74) is 0.426. The van der Waals surface area contributed by atoms with Crippen molar-refractivity contribution < 1.29 is 22.7 Å². The van der Waals surface area contributed by atoms with Crippen molar-refractivity contribution in [2.24, 2.45) is 5.41 Å². The van der Waals surface area contributed by atoms with Crippen LogP contribution in [-0.4, -0.2) is 61.3 Å². The highest BCUT2D eigenvalue weighted by Crippen LogP contribution is 2.46. The largest absolute Gasteiger partial charge is 0.404 e. The molecule has 33 heavy (non-hydrogen) atoms. The van der Waals surface area contributed by atoms with Gasteiger partial charge in [0.15, 0.2) is 5.41 Å². The number of carbonyl (C=O) groups excluding carboxylic acids is 1. The quantitative estimate of drug-likeness (QED) is 0.685. The summed E-state index contributed by atoms with van der Waals surface area (Å²) in [6.45, 7) is 4.26. The molecular weight excluding hydrogens is 431 g/mol. The summed E-state index contributed by atoms with van der Waals surface area (Å²) < 4.78 is 47.7. The average molecular weight is 462 g/mol. The number of rotatable bonds is 7. The van der Waals surface area contributed by atoms with Gasteiger partial charge in [0.1, 0.15) is 0 Å². The molecule has 4 rings (SSSR count). The Labute approximate surface area is 192 Å². The van der Waals surface area contributed by atoms with Crippen molar-refractivity contribution in [2.75, 3.05) is 39.4 Å². The molecule has 1 amide bonds. The molecule has 5 nitrogen and oxygen atoms in total. The van der Waals surface area contributed by atoms with Gasteiger partial charge in [0, 0.05) is 39.3 Å². The first kappa shape index (κ1) is 23.7. The molecule has 1 N–H and O–H groups in total. The van der Waals surface area contributed by atoms with Crippen LogP contribution in [0.2, 0.25) is 0 Å². The molecule has 0 aromatic heterocycles. The highest BCUT2D eigenvalue weighted by molar-refractivity contribution is 5.84. The predicted octanol–water partition coefficient (Wildman–Crippen LogP) is 3.59. The Hall–Kier alpha value is -2.42. The summed E-state index contributed by atoms with van der Waals surface area (Å²) in [7, 11) is 0. The van der Waals surface area contributed by atoms with Gasteiger partial charge in [0.05, 0.1) is 13.2 Å². The number of hydrogen-bond donors (Lipinski definition) is 1. The molecule has 178 valence electrons. The Morgan fingerprint density at radius 1 is 0.909 bits per heavy atom. The van der Waals surface area contributed by atoms with E-state index in [4.69, 9.17) is 4.74 Å². The molecule has 0 bridgehead atoms. The molecule has 0 aliphatic carbocycles. The monoisotopic (exact) mass is 461 g/mol. The van der Waals surface area contributed by atoms with Crippen molar-refractivity contribution in [3.05, 3.63) is 71.3 Å². The van der Waals surface area contributed by atoms with E-state index in [2.05, 4.69) is 10.2 Å². The molecule has 2 saturated heterocycles. The van der Waals surface area contributed by atoms with Crippen molar-refractivity contribution in [3.8, 4) is 0 Å². The molecule has 2 aliphatic rings. The zero-order chi connectivity index (χ0) is 23.3. The van der Waals surface area contributed by atoms with Crippen LogP contribution in [0, 0.1) is 5.41 Å². The molecule has 2 aromatic carbocycles.